The molecule has 0 saturated carbocycles. The van der Waals surface area contributed by atoms with Crippen molar-refractivity contribution in [1.29, 1.82) is 0 Å². The lowest BCUT2D eigenvalue weighted by molar-refractivity contribution is -0.123. The molecule has 0 aliphatic rings. The molecular weight excluding hydrogens is 278 g/mol. The van der Waals surface area contributed by atoms with E-state index in [4.69, 9.17) is 0 Å². The molecule has 0 bridgehead atoms. The van der Waals surface area contributed by atoms with Gasteiger partial charge in [-0.15, -0.1) is 0 Å². The minimum absolute atomic E-state index is 0.0631. The van der Waals surface area contributed by atoms with Crippen LogP contribution in [0.5, 0.6) is 0 Å². The number of benzene rings is 1. The van der Waals surface area contributed by atoms with Gasteiger partial charge in [0.1, 0.15) is 0 Å². The summed E-state index contributed by atoms with van der Waals surface area (Å²) >= 11 is 0. The minimum atomic E-state index is -0.129. The maximum absolute atomic E-state index is 11.9. The third kappa shape index (κ3) is 6.72. The lowest BCUT2D eigenvalue weighted by atomic mass is 10.1. The van der Waals surface area contributed by atoms with Gasteiger partial charge in [-0.2, -0.15) is 0 Å². The van der Waals surface area contributed by atoms with E-state index in [1.807, 2.05) is 38.1 Å². The molecule has 122 valence electrons. The Morgan fingerprint density at radius 1 is 1.05 bits per heavy atom. The molecule has 0 spiro atoms. The summed E-state index contributed by atoms with van der Waals surface area (Å²) in [6.07, 6.45) is 0. The number of rotatable bonds is 7. The van der Waals surface area contributed by atoms with Gasteiger partial charge in [0.25, 0.3) is 0 Å². The fourth-order valence-corrected chi connectivity index (χ4v) is 1.85. The van der Waals surface area contributed by atoms with Crippen LogP contribution in [0.1, 0.15) is 26.3 Å². The average molecular weight is 305 g/mol. The van der Waals surface area contributed by atoms with Crippen LogP contribution < -0.4 is 10.6 Å². The van der Waals surface area contributed by atoms with E-state index in [2.05, 4.69) is 24.5 Å². The molecule has 2 amide bonds. The number of hydrogen-bond donors (Lipinski definition) is 2. The highest BCUT2D eigenvalue weighted by Crippen LogP contribution is 2.08. The first kappa shape index (κ1) is 18.2. The Morgan fingerprint density at radius 3 is 2.14 bits per heavy atom. The number of aryl methyl sites for hydroxylation is 1. The largest absolute Gasteiger partial charge is 0.352 e. The Labute approximate surface area is 133 Å². The number of likely N-dealkylation sites (N-methyl/N-ethyl adjacent to an activating group) is 1. The van der Waals surface area contributed by atoms with Crippen LogP contribution in [-0.2, 0) is 9.59 Å². The van der Waals surface area contributed by atoms with Crippen molar-refractivity contribution in [3.8, 4) is 0 Å². The standard InChI is InChI=1S/C17H27N3O2/c1-12(2)14(4)18-16(21)10-20(5)11-17(22)19-15-8-6-13(3)7-9-15/h6-9,12,14H,10-11H2,1-5H3,(H,18,21)(H,19,22)/t14-/m1/s1. The van der Waals surface area contributed by atoms with E-state index in [9.17, 15) is 9.59 Å². The van der Waals surface area contributed by atoms with Crippen molar-refractivity contribution >= 4 is 17.5 Å². The molecule has 1 rings (SSSR count). The van der Waals surface area contributed by atoms with Crippen molar-refractivity contribution in [3.05, 3.63) is 29.8 Å². The second-order valence-electron chi connectivity index (χ2n) is 6.19. The molecule has 0 aliphatic carbocycles. The second-order valence-corrected chi connectivity index (χ2v) is 6.19. The summed E-state index contributed by atoms with van der Waals surface area (Å²) in [5, 5.41) is 5.75. The normalized spacial score (nSPS) is 12.3. The van der Waals surface area contributed by atoms with Crippen LogP contribution in [0.2, 0.25) is 0 Å². The number of anilines is 1. The first-order chi connectivity index (χ1) is 10.3. The van der Waals surface area contributed by atoms with Crippen LogP contribution in [0.15, 0.2) is 24.3 Å². The van der Waals surface area contributed by atoms with Gasteiger partial charge in [0.15, 0.2) is 0 Å². The summed E-state index contributed by atoms with van der Waals surface area (Å²) in [4.78, 5) is 25.5. The number of hydrogen-bond acceptors (Lipinski definition) is 3. The smallest absolute Gasteiger partial charge is 0.238 e. The van der Waals surface area contributed by atoms with E-state index in [0.29, 0.717) is 5.92 Å². The van der Waals surface area contributed by atoms with Crippen LogP contribution in [-0.4, -0.2) is 42.9 Å². The fraction of sp³-hybridized carbons (Fsp3) is 0.529. The monoisotopic (exact) mass is 305 g/mol. The average Bonchev–Trinajstić information content (AvgIpc) is 2.40. The number of carbonyl (C=O) groups excluding carboxylic acids is 2. The van der Waals surface area contributed by atoms with Gasteiger partial charge in [0, 0.05) is 11.7 Å². The third-order valence-corrected chi connectivity index (χ3v) is 3.55. The molecule has 0 radical (unpaired) electrons. The highest BCUT2D eigenvalue weighted by molar-refractivity contribution is 5.92. The summed E-state index contributed by atoms with van der Waals surface area (Å²) in [6, 6.07) is 7.75. The summed E-state index contributed by atoms with van der Waals surface area (Å²) < 4.78 is 0. The van der Waals surface area contributed by atoms with E-state index in [1.54, 1.807) is 11.9 Å². The third-order valence-electron chi connectivity index (χ3n) is 3.55. The maximum Gasteiger partial charge on any atom is 0.238 e. The van der Waals surface area contributed by atoms with Gasteiger partial charge in [0.05, 0.1) is 13.1 Å². The highest BCUT2D eigenvalue weighted by atomic mass is 16.2. The van der Waals surface area contributed by atoms with Crippen molar-refractivity contribution < 1.29 is 9.59 Å². The van der Waals surface area contributed by atoms with Crippen molar-refractivity contribution in [2.24, 2.45) is 5.92 Å². The van der Waals surface area contributed by atoms with Gasteiger partial charge in [-0.3, -0.25) is 14.5 Å². The van der Waals surface area contributed by atoms with Crippen molar-refractivity contribution in [2.45, 2.75) is 33.7 Å². The quantitative estimate of drug-likeness (QED) is 0.810. The first-order valence-electron chi connectivity index (χ1n) is 7.62. The SMILES string of the molecule is Cc1ccc(NC(=O)CN(C)CC(=O)N[C@H](C)C(C)C)cc1. The van der Waals surface area contributed by atoms with Crippen molar-refractivity contribution in [3.63, 3.8) is 0 Å². The summed E-state index contributed by atoms with van der Waals surface area (Å²) in [6.45, 7) is 8.48. The van der Waals surface area contributed by atoms with E-state index >= 15 is 0 Å². The fourth-order valence-electron chi connectivity index (χ4n) is 1.85. The molecule has 1 atom stereocenters. The van der Waals surface area contributed by atoms with Gasteiger partial charge in [-0.1, -0.05) is 31.5 Å². The molecule has 2 N–H and O–H groups in total. The number of nitrogens with zero attached hydrogens (tertiary/aromatic N) is 1. The van der Waals surface area contributed by atoms with Gasteiger partial charge >= 0.3 is 0 Å². The van der Waals surface area contributed by atoms with Crippen LogP contribution in [0, 0.1) is 12.8 Å². The first-order valence-corrected chi connectivity index (χ1v) is 7.62. The Kier molecular flexibility index (Phi) is 7.05. The van der Waals surface area contributed by atoms with E-state index in [0.717, 1.165) is 11.3 Å². The molecule has 5 heteroatoms. The molecule has 0 heterocycles. The predicted octanol–water partition coefficient (Wildman–Crippen LogP) is 2.03. The summed E-state index contributed by atoms with van der Waals surface area (Å²) in [5.41, 5.74) is 1.91. The molecule has 0 fully saturated rings. The van der Waals surface area contributed by atoms with Gasteiger partial charge in [-0.25, -0.2) is 0 Å². The lowest BCUT2D eigenvalue weighted by Gasteiger charge is -2.20. The molecule has 1 aromatic carbocycles. The van der Waals surface area contributed by atoms with Crippen LogP contribution in [0.4, 0.5) is 5.69 Å². The number of amides is 2. The van der Waals surface area contributed by atoms with E-state index in [1.165, 1.54) is 0 Å². The minimum Gasteiger partial charge on any atom is -0.352 e. The Morgan fingerprint density at radius 2 is 1.59 bits per heavy atom. The van der Waals surface area contributed by atoms with E-state index in [-0.39, 0.29) is 30.9 Å². The molecule has 0 aromatic heterocycles. The predicted molar refractivity (Wildman–Crippen MR) is 89.7 cm³/mol. The molecular formula is C17H27N3O2. The number of carbonyl (C=O) groups is 2. The Hall–Kier alpha value is -1.88. The molecule has 5 nitrogen and oxygen atoms in total. The van der Waals surface area contributed by atoms with Crippen LogP contribution in [0.3, 0.4) is 0 Å². The highest BCUT2D eigenvalue weighted by Gasteiger charge is 2.14. The van der Waals surface area contributed by atoms with Gasteiger partial charge in [-0.05, 0) is 38.9 Å². The van der Waals surface area contributed by atoms with E-state index < -0.39 is 0 Å². The Bertz CT molecular complexity index is 497. The molecule has 0 saturated heterocycles. The van der Waals surface area contributed by atoms with Crippen molar-refractivity contribution in [1.82, 2.24) is 10.2 Å². The topological polar surface area (TPSA) is 61.4 Å². The zero-order valence-electron chi connectivity index (χ0n) is 14.1. The van der Waals surface area contributed by atoms with Crippen molar-refractivity contribution in [2.75, 3.05) is 25.5 Å². The Balaban J connectivity index is 2.37. The molecule has 0 aliphatic heterocycles. The summed E-state index contributed by atoms with van der Waals surface area (Å²) in [5.74, 6) is 0.196. The van der Waals surface area contributed by atoms with Gasteiger partial charge < -0.3 is 10.6 Å². The molecule has 22 heavy (non-hydrogen) atoms. The second kappa shape index (κ2) is 8.54. The zero-order chi connectivity index (χ0) is 16.7. The molecule has 0 unspecified atom stereocenters. The van der Waals surface area contributed by atoms with Crippen LogP contribution >= 0.6 is 0 Å². The lowest BCUT2D eigenvalue weighted by Crippen LogP contribution is -2.43. The molecule has 1 aromatic rings. The number of nitrogens with one attached hydrogen (secondary N) is 2. The van der Waals surface area contributed by atoms with Gasteiger partial charge in [0.2, 0.25) is 11.8 Å². The van der Waals surface area contributed by atoms with Crippen LogP contribution in [0.25, 0.3) is 0 Å². The maximum atomic E-state index is 11.9. The summed E-state index contributed by atoms with van der Waals surface area (Å²) in [7, 11) is 1.76. The zero-order valence-corrected chi connectivity index (χ0v) is 14.1.